The molecule has 0 aliphatic carbocycles. The van der Waals surface area contributed by atoms with Crippen molar-refractivity contribution in [2.24, 2.45) is 0 Å². The quantitative estimate of drug-likeness (QED) is 0.910. The van der Waals surface area contributed by atoms with Gasteiger partial charge in [0.2, 0.25) is 5.95 Å². The van der Waals surface area contributed by atoms with E-state index >= 15 is 0 Å². The predicted molar refractivity (Wildman–Crippen MR) is 105 cm³/mol. The van der Waals surface area contributed by atoms with Crippen molar-refractivity contribution < 1.29 is 4.79 Å². The zero-order valence-electron chi connectivity index (χ0n) is 15.8. The van der Waals surface area contributed by atoms with Crippen molar-refractivity contribution in [3.63, 3.8) is 0 Å². The van der Waals surface area contributed by atoms with E-state index < -0.39 is 0 Å². The number of aromatic nitrogens is 2. The zero-order chi connectivity index (χ0) is 18.5. The first-order valence-corrected chi connectivity index (χ1v) is 9.22. The van der Waals surface area contributed by atoms with E-state index in [0.717, 1.165) is 43.0 Å². The molecule has 1 amide bonds. The highest BCUT2D eigenvalue weighted by Gasteiger charge is 2.19. The molecule has 0 unspecified atom stereocenters. The third-order valence-corrected chi connectivity index (χ3v) is 4.61. The van der Waals surface area contributed by atoms with Gasteiger partial charge in [-0.05, 0) is 50.1 Å². The molecule has 1 fully saturated rings. The number of carbonyl (C=O) groups is 1. The van der Waals surface area contributed by atoms with Gasteiger partial charge in [0.15, 0.2) is 0 Å². The van der Waals surface area contributed by atoms with Crippen molar-refractivity contribution in [1.82, 2.24) is 14.9 Å². The lowest BCUT2D eigenvalue weighted by atomic mass is 10.2. The minimum atomic E-state index is 0.00315. The number of amides is 1. The first kappa shape index (κ1) is 18.2. The van der Waals surface area contributed by atoms with E-state index in [1.807, 2.05) is 55.1 Å². The number of aryl methyl sites for hydroxylation is 1. The molecule has 138 valence electrons. The number of hydrogen-bond acceptors (Lipinski definition) is 5. The van der Waals surface area contributed by atoms with Crippen LogP contribution in [0.15, 0.2) is 30.3 Å². The molecular weight excluding hydrogens is 326 g/mol. The van der Waals surface area contributed by atoms with Crippen LogP contribution >= 0.6 is 0 Å². The summed E-state index contributed by atoms with van der Waals surface area (Å²) >= 11 is 0. The maximum atomic E-state index is 12.8. The molecule has 3 rings (SSSR count). The summed E-state index contributed by atoms with van der Waals surface area (Å²) in [6, 6.07) is 9.80. The fourth-order valence-electron chi connectivity index (χ4n) is 3.14. The summed E-state index contributed by atoms with van der Waals surface area (Å²) in [5.74, 6) is 0.462. The Morgan fingerprint density at radius 3 is 2.31 bits per heavy atom. The Labute approximate surface area is 155 Å². The van der Waals surface area contributed by atoms with E-state index in [-0.39, 0.29) is 5.91 Å². The van der Waals surface area contributed by atoms with Crippen LogP contribution in [0.5, 0.6) is 0 Å². The largest absolute Gasteiger partial charge is 0.378 e. The lowest BCUT2D eigenvalue weighted by molar-refractivity contribution is 0.0755. The van der Waals surface area contributed by atoms with Gasteiger partial charge in [-0.2, -0.15) is 0 Å². The van der Waals surface area contributed by atoms with Gasteiger partial charge in [-0.1, -0.05) is 12.8 Å². The molecule has 2 heterocycles. The molecule has 6 nitrogen and oxygen atoms in total. The molecule has 1 saturated heterocycles. The molecule has 0 spiro atoms. The van der Waals surface area contributed by atoms with Gasteiger partial charge >= 0.3 is 0 Å². The Morgan fingerprint density at radius 2 is 1.69 bits per heavy atom. The molecule has 1 aliphatic heterocycles. The molecule has 2 aromatic rings. The third-order valence-electron chi connectivity index (χ3n) is 4.61. The molecular formula is C20H27N5O. The molecule has 0 bridgehead atoms. The topological polar surface area (TPSA) is 61.4 Å². The van der Waals surface area contributed by atoms with Gasteiger partial charge < -0.3 is 15.1 Å². The first-order valence-electron chi connectivity index (χ1n) is 9.22. The summed E-state index contributed by atoms with van der Waals surface area (Å²) in [6.45, 7) is 3.52. The minimum Gasteiger partial charge on any atom is -0.378 e. The van der Waals surface area contributed by atoms with Crippen LogP contribution < -0.4 is 10.2 Å². The average molecular weight is 353 g/mol. The molecule has 0 saturated carbocycles. The second-order valence-corrected chi connectivity index (χ2v) is 6.99. The highest BCUT2D eigenvalue weighted by atomic mass is 16.2. The van der Waals surface area contributed by atoms with Crippen LogP contribution in [-0.2, 0) is 0 Å². The summed E-state index contributed by atoms with van der Waals surface area (Å²) in [5, 5.41) is 3.21. The van der Waals surface area contributed by atoms with Gasteiger partial charge in [0.1, 0.15) is 5.69 Å². The zero-order valence-corrected chi connectivity index (χ0v) is 15.8. The Balaban J connectivity index is 1.77. The van der Waals surface area contributed by atoms with Gasteiger partial charge in [0, 0.05) is 44.3 Å². The first-order chi connectivity index (χ1) is 12.5. The maximum absolute atomic E-state index is 12.8. The van der Waals surface area contributed by atoms with E-state index in [0.29, 0.717) is 11.6 Å². The monoisotopic (exact) mass is 353 g/mol. The number of carbonyl (C=O) groups excluding carboxylic acids is 1. The van der Waals surface area contributed by atoms with Crippen molar-refractivity contribution in [2.45, 2.75) is 32.6 Å². The van der Waals surface area contributed by atoms with Gasteiger partial charge in [0.05, 0.1) is 0 Å². The Morgan fingerprint density at radius 1 is 1.04 bits per heavy atom. The van der Waals surface area contributed by atoms with Crippen molar-refractivity contribution in [1.29, 1.82) is 0 Å². The Kier molecular flexibility index (Phi) is 5.71. The van der Waals surface area contributed by atoms with Crippen LogP contribution in [0.25, 0.3) is 0 Å². The highest BCUT2D eigenvalue weighted by molar-refractivity contribution is 5.92. The molecule has 1 aromatic heterocycles. The van der Waals surface area contributed by atoms with Crippen molar-refractivity contribution in [3.8, 4) is 0 Å². The molecule has 0 atom stereocenters. The second kappa shape index (κ2) is 8.17. The fourth-order valence-corrected chi connectivity index (χ4v) is 3.14. The number of nitrogens with zero attached hydrogens (tertiary/aromatic N) is 4. The van der Waals surface area contributed by atoms with Crippen molar-refractivity contribution in [3.05, 3.63) is 41.7 Å². The normalized spacial score (nSPS) is 14.7. The van der Waals surface area contributed by atoms with Crippen molar-refractivity contribution >= 4 is 23.2 Å². The standard InChI is InChI=1S/C20H27N5O/c1-15-14-18(19(26)25-12-6-4-5-7-13-25)23-20(21-15)22-16-8-10-17(11-9-16)24(2)3/h8-11,14H,4-7,12-13H2,1-3H3,(H,21,22,23). The molecule has 0 radical (unpaired) electrons. The van der Waals surface area contributed by atoms with Crippen LogP contribution in [0.3, 0.4) is 0 Å². The van der Waals surface area contributed by atoms with Crippen LogP contribution in [0.4, 0.5) is 17.3 Å². The number of likely N-dealkylation sites (tertiary alicyclic amines) is 1. The third kappa shape index (κ3) is 4.50. The molecule has 1 aromatic carbocycles. The number of hydrogen-bond donors (Lipinski definition) is 1. The fraction of sp³-hybridized carbons (Fsp3) is 0.450. The number of nitrogens with one attached hydrogen (secondary N) is 1. The summed E-state index contributed by atoms with van der Waals surface area (Å²) in [6.07, 6.45) is 4.53. The minimum absolute atomic E-state index is 0.00315. The maximum Gasteiger partial charge on any atom is 0.272 e. The number of rotatable bonds is 4. The van der Waals surface area contributed by atoms with Crippen LogP contribution in [0.1, 0.15) is 41.9 Å². The molecule has 6 heteroatoms. The van der Waals surface area contributed by atoms with E-state index in [1.165, 1.54) is 12.8 Å². The number of anilines is 3. The summed E-state index contributed by atoms with van der Waals surface area (Å²) in [4.78, 5) is 25.7. The van der Waals surface area contributed by atoms with Crippen molar-refractivity contribution in [2.75, 3.05) is 37.4 Å². The van der Waals surface area contributed by atoms with Gasteiger partial charge in [0.25, 0.3) is 5.91 Å². The lowest BCUT2D eigenvalue weighted by Crippen LogP contribution is -2.32. The number of benzene rings is 1. The average Bonchev–Trinajstić information content (AvgIpc) is 2.90. The van der Waals surface area contributed by atoms with E-state index in [9.17, 15) is 4.79 Å². The highest BCUT2D eigenvalue weighted by Crippen LogP contribution is 2.19. The van der Waals surface area contributed by atoms with Gasteiger partial charge in [-0.15, -0.1) is 0 Å². The Bertz CT molecular complexity index is 749. The summed E-state index contributed by atoms with van der Waals surface area (Å²) < 4.78 is 0. The van der Waals surface area contributed by atoms with Crippen LogP contribution in [0, 0.1) is 6.92 Å². The van der Waals surface area contributed by atoms with E-state index in [2.05, 4.69) is 15.3 Å². The second-order valence-electron chi connectivity index (χ2n) is 6.99. The summed E-state index contributed by atoms with van der Waals surface area (Å²) in [5.41, 5.74) is 3.27. The molecule has 26 heavy (non-hydrogen) atoms. The van der Waals surface area contributed by atoms with Crippen LogP contribution in [-0.4, -0.2) is 48.0 Å². The van der Waals surface area contributed by atoms with Gasteiger partial charge in [-0.25, -0.2) is 9.97 Å². The predicted octanol–water partition coefficient (Wildman–Crippen LogP) is 3.61. The van der Waals surface area contributed by atoms with Gasteiger partial charge in [-0.3, -0.25) is 4.79 Å². The summed E-state index contributed by atoms with van der Waals surface area (Å²) in [7, 11) is 4.01. The Hall–Kier alpha value is -2.63. The van der Waals surface area contributed by atoms with E-state index in [1.54, 1.807) is 6.07 Å². The molecule has 1 N–H and O–H groups in total. The lowest BCUT2D eigenvalue weighted by Gasteiger charge is -2.20. The SMILES string of the molecule is Cc1cc(C(=O)N2CCCCCC2)nc(Nc2ccc(N(C)C)cc2)n1. The molecule has 1 aliphatic rings. The van der Waals surface area contributed by atoms with Crippen LogP contribution in [0.2, 0.25) is 0 Å². The van der Waals surface area contributed by atoms with E-state index in [4.69, 9.17) is 0 Å². The smallest absolute Gasteiger partial charge is 0.272 e.